The quantitative estimate of drug-likeness (QED) is 0.0262. The fourth-order valence-corrected chi connectivity index (χ4v) is 8.54. The molecule has 0 heterocycles. The number of hydrogen-bond acceptors (Lipinski definition) is 6. The zero-order chi connectivity index (χ0) is 47.2. The van der Waals surface area contributed by atoms with Crippen LogP contribution in [0.1, 0.15) is 316 Å². The molecule has 6 nitrogen and oxygen atoms in total. The molecule has 0 spiro atoms. The van der Waals surface area contributed by atoms with Gasteiger partial charge in [0.15, 0.2) is 6.10 Å². The molecule has 0 saturated carbocycles. The molecule has 0 saturated heterocycles. The van der Waals surface area contributed by atoms with Crippen LogP contribution in [-0.4, -0.2) is 37.2 Å². The first-order valence-electron chi connectivity index (χ1n) is 28.8. The van der Waals surface area contributed by atoms with Crippen LogP contribution in [0.5, 0.6) is 0 Å². The smallest absolute Gasteiger partial charge is 0.306 e. The monoisotopic (exact) mass is 915 g/mol. The predicted molar refractivity (Wildman–Crippen MR) is 279 cm³/mol. The first-order valence-corrected chi connectivity index (χ1v) is 28.8. The maximum absolute atomic E-state index is 12.8. The van der Waals surface area contributed by atoms with Crippen molar-refractivity contribution >= 4 is 17.9 Å². The van der Waals surface area contributed by atoms with Crippen molar-refractivity contribution in [3.8, 4) is 0 Å². The van der Waals surface area contributed by atoms with Crippen LogP contribution in [0.15, 0.2) is 24.3 Å². The average molecular weight is 916 g/mol. The van der Waals surface area contributed by atoms with E-state index in [1.165, 1.54) is 212 Å². The lowest BCUT2D eigenvalue weighted by Crippen LogP contribution is -2.30. The molecule has 0 aliphatic heterocycles. The van der Waals surface area contributed by atoms with Crippen LogP contribution in [-0.2, 0) is 28.6 Å². The van der Waals surface area contributed by atoms with E-state index >= 15 is 0 Å². The van der Waals surface area contributed by atoms with Crippen LogP contribution in [0.25, 0.3) is 0 Å². The van der Waals surface area contributed by atoms with Gasteiger partial charge in [-0.3, -0.25) is 14.4 Å². The zero-order valence-electron chi connectivity index (χ0n) is 43.8. The molecule has 6 heteroatoms. The van der Waals surface area contributed by atoms with Crippen LogP contribution < -0.4 is 0 Å². The zero-order valence-corrected chi connectivity index (χ0v) is 43.8. The molecule has 65 heavy (non-hydrogen) atoms. The Labute approximate surface area is 404 Å². The van der Waals surface area contributed by atoms with Crippen molar-refractivity contribution in [2.75, 3.05) is 13.2 Å². The first-order chi connectivity index (χ1) is 32.0. The molecule has 0 unspecified atom stereocenters. The molecular weight excluding hydrogens is 805 g/mol. The van der Waals surface area contributed by atoms with Crippen molar-refractivity contribution < 1.29 is 28.6 Å². The van der Waals surface area contributed by atoms with Gasteiger partial charge >= 0.3 is 17.9 Å². The Hall–Kier alpha value is -2.11. The Bertz CT molecular complexity index is 1050. The number of carbonyl (C=O) groups excluding carboxylic acids is 3. The van der Waals surface area contributed by atoms with Gasteiger partial charge in [-0.2, -0.15) is 0 Å². The van der Waals surface area contributed by atoms with Crippen molar-refractivity contribution in [1.29, 1.82) is 0 Å². The molecule has 0 radical (unpaired) electrons. The van der Waals surface area contributed by atoms with Crippen LogP contribution in [0.2, 0.25) is 0 Å². The minimum Gasteiger partial charge on any atom is -0.462 e. The van der Waals surface area contributed by atoms with E-state index in [2.05, 4.69) is 45.1 Å². The van der Waals surface area contributed by atoms with Gasteiger partial charge in [-0.1, -0.05) is 257 Å². The Balaban J connectivity index is 4.28. The van der Waals surface area contributed by atoms with Gasteiger partial charge in [0.2, 0.25) is 0 Å². The second-order valence-corrected chi connectivity index (χ2v) is 19.6. The highest BCUT2D eigenvalue weighted by molar-refractivity contribution is 5.71. The van der Waals surface area contributed by atoms with E-state index in [0.717, 1.165) is 64.2 Å². The third-order valence-corrected chi connectivity index (χ3v) is 12.9. The molecule has 0 N–H and O–H groups in total. The summed E-state index contributed by atoms with van der Waals surface area (Å²) in [5.41, 5.74) is 0. The number of ether oxygens (including phenoxy) is 3. The van der Waals surface area contributed by atoms with E-state index in [1.54, 1.807) is 0 Å². The van der Waals surface area contributed by atoms with Crippen molar-refractivity contribution in [2.24, 2.45) is 0 Å². The highest BCUT2D eigenvalue weighted by atomic mass is 16.6. The van der Waals surface area contributed by atoms with E-state index in [1.807, 2.05) is 0 Å². The third-order valence-electron chi connectivity index (χ3n) is 12.9. The second-order valence-electron chi connectivity index (χ2n) is 19.6. The summed E-state index contributed by atoms with van der Waals surface area (Å²) in [4.78, 5) is 38.1. The minimum absolute atomic E-state index is 0.0713. The van der Waals surface area contributed by atoms with Gasteiger partial charge < -0.3 is 14.2 Å². The van der Waals surface area contributed by atoms with E-state index < -0.39 is 6.10 Å². The summed E-state index contributed by atoms with van der Waals surface area (Å²) in [6.07, 6.45) is 63.1. The second kappa shape index (κ2) is 54.5. The molecule has 0 aliphatic carbocycles. The van der Waals surface area contributed by atoms with Crippen molar-refractivity contribution in [3.63, 3.8) is 0 Å². The summed E-state index contributed by atoms with van der Waals surface area (Å²) in [6.45, 7) is 6.63. The fourth-order valence-electron chi connectivity index (χ4n) is 8.54. The predicted octanol–water partition coefficient (Wildman–Crippen LogP) is 19.1. The molecule has 0 amide bonds. The van der Waals surface area contributed by atoms with Gasteiger partial charge in [0.05, 0.1) is 0 Å². The van der Waals surface area contributed by atoms with Crippen molar-refractivity contribution in [3.05, 3.63) is 24.3 Å². The number of unbranched alkanes of at least 4 members (excludes halogenated alkanes) is 38. The molecule has 0 fully saturated rings. The summed E-state index contributed by atoms with van der Waals surface area (Å²) in [5, 5.41) is 0. The standard InChI is InChI=1S/C59H110O6/c1-4-7-10-13-16-19-22-24-26-28-29-31-32-34-37-40-43-46-49-52-58(61)64-55-56(54-63-57(60)51-48-45-42-39-36-21-18-15-12-9-6-3)65-59(62)53-50-47-44-41-38-35-33-30-27-25-23-20-17-14-11-8-5-2/h15,18,25,27,56H,4-14,16-17,19-24,26,28-55H2,1-3H3/b18-15-,27-25-/t56-/m1/s1. The highest BCUT2D eigenvalue weighted by Gasteiger charge is 2.19. The van der Waals surface area contributed by atoms with Gasteiger partial charge in [0.1, 0.15) is 13.2 Å². The van der Waals surface area contributed by atoms with Crippen LogP contribution >= 0.6 is 0 Å². The summed E-state index contributed by atoms with van der Waals surface area (Å²) < 4.78 is 16.9. The van der Waals surface area contributed by atoms with Crippen LogP contribution in [0.4, 0.5) is 0 Å². The fraction of sp³-hybridized carbons (Fsp3) is 0.881. The largest absolute Gasteiger partial charge is 0.462 e. The van der Waals surface area contributed by atoms with Gasteiger partial charge in [-0.15, -0.1) is 0 Å². The average Bonchev–Trinajstić information content (AvgIpc) is 3.30. The van der Waals surface area contributed by atoms with Gasteiger partial charge in [-0.25, -0.2) is 0 Å². The normalized spacial score (nSPS) is 12.1. The Kier molecular flexibility index (Phi) is 52.7. The topological polar surface area (TPSA) is 78.9 Å². The van der Waals surface area contributed by atoms with Gasteiger partial charge in [0, 0.05) is 19.3 Å². The number of allylic oxidation sites excluding steroid dienone is 4. The number of hydrogen-bond donors (Lipinski definition) is 0. The third kappa shape index (κ3) is 52.7. The molecule has 0 aromatic carbocycles. The molecule has 0 aromatic heterocycles. The molecule has 1 atom stereocenters. The maximum atomic E-state index is 12.8. The SMILES string of the molecule is CCCC/C=C\CCCCCCCC(=O)OC[C@H](COC(=O)CCCCCCCCCCCCCCCCCCCCC)OC(=O)CCCCCCCCC/C=C\CCCCCCCC. The first kappa shape index (κ1) is 62.9. The lowest BCUT2D eigenvalue weighted by atomic mass is 10.0. The van der Waals surface area contributed by atoms with Crippen LogP contribution in [0, 0.1) is 0 Å². The van der Waals surface area contributed by atoms with Crippen LogP contribution in [0.3, 0.4) is 0 Å². The highest BCUT2D eigenvalue weighted by Crippen LogP contribution is 2.17. The van der Waals surface area contributed by atoms with E-state index in [-0.39, 0.29) is 31.1 Å². The van der Waals surface area contributed by atoms with E-state index in [9.17, 15) is 14.4 Å². The lowest BCUT2D eigenvalue weighted by molar-refractivity contribution is -0.167. The lowest BCUT2D eigenvalue weighted by Gasteiger charge is -2.18. The summed E-state index contributed by atoms with van der Waals surface area (Å²) >= 11 is 0. The molecule has 0 rings (SSSR count). The Morgan fingerprint density at radius 1 is 0.292 bits per heavy atom. The summed E-state index contributed by atoms with van der Waals surface area (Å²) in [6, 6.07) is 0. The Morgan fingerprint density at radius 3 is 0.815 bits per heavy atom. The molecule has 382 valence electrons. The number of rotatable bonds is 53. The summed E-state index contributed by atoms with van der Waals surface area (Å²) in [5.74, 6) is -0.867. The van der Waals surface area contributed by atoms with E-state index in [4.69, 9.17) is 14.2 Å². The minimum atomic E-state index is -0.772. The maximum Gasteiger partial charge on any atom is 0.306 e. The molecule has 0 bridgehead atoms. The number of carbonyl (C=O) groups is 3. The Morgan fingerprint density at radius 2 is 0.523 bits per heavy atom. The van der Waals surface area contributed by atoms with E-state index in [0.29, 0.717) is 19.3 Å². The molecule has 0 aliphatic rings. The summed E-state index contributed by atoms with van der Waals surface area (Å²) in [7, 11) is 0. The van der Waals surface area contributed by atoms with Gasteiger partial charge in [-0.05, 0) is 64.2 Å². The van der Waals surface area contributed by atoms with Crippen molar-refractivity contribution in [1.82, 2.24) is 0 Å². The van der Waals surface area contributed by atoms with Gasteiger partial charge in [0.25, 0.3) is 0 Å². The molecular formula is C59H110O6. The number of esters is 3. The van der Waals surface area contributed by atoms with Crippen molar-refractivity contribution in [2.45, 2.75) is 322 Å². The molecule has 0 aromatic rings.